The highest BCUT2D eigenvalue weighted by Crippen LogP contribution is 2.29. The first kappa shape index (κ1) is 29.3. The number of aromatic nitrogens is 2. The van der Waals surface area contributed by atoms with Gasteiger partial charge in [-0.05, 0) is 44.0 Å². The van der Waals surface area contributed by atoms with Gasteiger partial charge in [0.05, 0.1) is 18.2 Å². The first-order valence-electron chi connectivity index (χ1n) is 14.2. The van der Waals surface area contributed by atoms with Gasteiger partial charge in [0.2, 0.25) is 0 Å². The molecule has 212 valence electrons. The van der Waals surface area contributed by atoms with Crippen molar-refractivity contribution in [3.8, 4) is 0 Å². The number of piperidine rings is 1. The number of carbonyl (C=O) groups is 2. The number of benzene rings is 1. The summed E-state index contributed by atoms with van der Waals surface area (Å²) in [4.78, 5) is 41.6. The van der Waals surface area contributed by atoms with Crippen molar-refractivity contribution in [2.24, 2.45) is 5.92 Å². The monoisotopic (exact) mass is 553 g/mol. The molecule has 0 bridgehead atoms. The molecule has 2 aliphatic rings. The number of hydrogen-bond acceptors (Lipinski definition) is 8. The van der Waals surface area contributed by atoms with E-state index in [0.29, 0.717) is 38.1 Å². The molecule has 0 unspecified atom stereocenters. The zero-order valence-electron chi connectivity index (χ0n) is 24.1. The highest BCUT2D eigenvalue weighted by molar-refractivity contribution is 7.98. The number of hydrogen-bond donors (Lipinski definition) is 0. The molecule has 3 heterocycles. The molecule has 8 nitrogen and oxygen atoms in total. The summed E-state index contributed by atoms with van der Waals surface area (Å²) in [5, 5.41) is 0.792. The van der Waals surface area contributed by atoms with Crippen LogP contribution in [0, 0.1) is 5.92 Å². The van der Waals surface area contributed by atoms with Gasteiger partial charge in [-0.2, -0.15) is 0 Å². The highest BCUT2D eigenvalue weighted by atomic mass is 32.2. The van der Waals surface area contributed by atoms with Crippen molar-refractivity contribution in [1.29, 1.82) is 0 Å². The molecular weight excluding hydrogens is 510 g/mol. The van der Waals surface area contributed by atoms with E-state index in [1.165, 1.54) is 0 Å². The standard InChI is InChI=1S/C30H43N5O3S/c1-6-33-16-18-34(19-17-33)26-20-25(30(3,4)5)31-29(32-26)39-21-22-8-10-23(11-9-22)27(36)35-14-12-24(13-15-35)28(37)38-7-2/h8-11,20,24H,6-7,12-19,21H2,1-5H3. The second kappa shape index (κ2) is 13.1. The maximum absolute atomic E-state index is 13.0. The maximum Gasteiger partial charge on any atom is 0.309 e. The van der Waals surface area contributed by atoms with Crippen LogP contribution in [0.15, 0.2) is 35.5 Å². The maximum atomic E-state index is 13.0. The van der Waals surface area contributed by atoms with Crippen LogP contribution in [0.5, 0.6) is 0 Å². The number of ether oxygens (including phenoxy) is 1. The Bertz CT molecular complexity index is 1120. The molecule has 0 saturated carbocycles. The van der Waals surface area contributed by atoms with Crippen LogP contribution < -0.4 is 4.90 Å². The number of piperazine rings is 1. The summed E-state index contributed by atoms with van der Waals surface area (Å²) in [6, 6.07) is 10.00. The van der Waals surface area contributed by atoms with E-state index >= 15 is 0 Å². The van der Waals surface area contributed by atoms with Gasteiger partial charge < -0.3 is 19.4 Å². The number of nitrogens with zero attached hydrogens (tertiary/aromatic N) is 5. The Kier molecular flexibility index (Phi) is 9.88. The van der Waals surface area contributed by atoms with Crippen LogP contribution in [0.2, 0.25) is 0 Å². The van der Waals surface area contributed by atoms with Gasteiger partial charge in [0.15, 0.2) is 5.16 Å². The van der Waals surface area contributed by atoms with Crippen molar-refractivity contribution in [3.05, 3.63) is 47.2 Å². The second-order valence-electron chi connectivity index (χ2n) is 11.4. The lowest BCUT2D eigenvalue weighted by Gasteiger charge is -2.35. The number of likely N-dealkylation sites (N-methyl/N-ethyl adjacent to an activating group) is 1. The minimum absolute atomic E-state index is 0.0190. The van der Waals surface area contributed by atoms with Gasteiger partial charge in [-0.15, -0.1) is 0 Å². The lowest BCUT2D eigenvalue weighted by atomic mass is 9.92. The number of amides is 1. The van der Waals surface area contributed by atoms with Gasteiger partial charge in [0.1, 0.15) is 5.82 Å². The van der Waals surface area contributed by atoms with Crippen molar-refractivity contribution in [2.75, 3.05) is 57.3 Å². The number of rotatable bonds is 8. The van der Waals surface area contributed by atoms with Crippen molar-refractivity contribution in [1.82, 2.24) is 19.8 Å². The number of thioether (sulfide) groups is 1. The summed E-state index contributed by atoms with van der Waals surface area (Å²) in [5.41, 5.74) is 2.80. The molecular formula is C30H43N5O3S. The molecule has 2 aromatic rings. The second-order valence-corrected chi connectivity index (χ2v) is 12.3. The van der Waals surface area contributed by atoms with Crippen LogP contribution >= 0.6 is 11.8 Å². The Labute approximate surface area is 237 Å². The average Bonchev–Trinajstić information content (AvgIpc) is 2.95. The molecule has 0 radical (unpaired) electrons. The molecule has 2 saturated heterocycles. The molecule has 0 atom stereocenters. The Morgan fingerprint density at radius 1 is 0.974 bits per heavy atom. The molecule has 4 rings (SSSR count). The van der Waals surface area contributed by atoms with Gasteiger partial charge >= 0.3 is 5.97 Å². The lowest BCUT2D eigenvalue weighted by Crippen LogP contribution is -2.46. The number of likely N-dealkylation sites (tertiary alicyclic amines) is 1. The van der Waals surface area contributed by atoms with E-state index in [1.807, 2.05) is 36.1 Å². The number of anilines is 1. The van der Waals surface area contributed by atoms with Gasteiger partial charge in [0, 0.05) is 62.1 Å². The molecule has 0 spiro atoms. The van der Waals surface area contributed by atoms with E-state index in [2.05, 4.69) is 43.6 Å². The van der Waals surface area contributed by atoms with Gasteiger partial charge in [-0.3, -0.25) is 9.59 Å². The Morgan fingerprint density at radius 2 is 1.64 bits per heavy atom. The fourth-order valence-corrected chi connectivity index (χ4v) is 5.78. The Hall–Kier alpha value is -2.65. The van der Waals surface area contributed by atoms with E-state index in [9.17, 15) is 9.59 Å². The molecule has 9 heteroatoms. The fourth-order valence-electron chi connectivity index (χ4n) is 4.97. The summed E-state index contributed by atoms with van der Waals surface area (Å²) < 4.78 is 5.14. The van der Waals surface area contributed by atoms with Gasteiger partial charge in [-0.25, -0.2) is 9.97 Å². The zero-order chi connectivity index (χ0) is 28.0. The highest BCUT2D eigenvalue weighted by Gasteiger charge is 2.29. The summed E-state index contributed by atoms with van der Waals surface area (Å²) in [6.07, 6.45) is 1.31. The third-order valence-electron chi connectivity index (χ3n) is 7.57. The first-order chi connectivity index (χ1) is 18.7. The average molecular weight is 554 g/mol. The molecule has 39 heavy (non-hydrogen) atoms. The van der Waals surface area contributed by atoms with E-state index in [1.54, 1.807) is 11.8 Å². The minimum atomic E-state index is -0.144. The SMILES string of the molecule is CCOC(=O)C1CCN(C(=O)c2ccc(CSc3nc(N4CCN(CC)CC4)cc(C(C)(C)C)n3)cc2)CC1. The summed E-state index contributed by atoms with van der Waals surface area (Å²) in [6.45, 7) is 17.3. The van der Waals surface area contributed by atoms with Crippen molar-refractivity contribution in [2.45, 2.75) is 63.8 Å². The van der Waals surface area contributed by atoms with Crippen molar-refractivity contribution >= 4 is 29.5 Å². The first-order valence-corrected chi connectivity index (χ1v) is 15.2. The van der Waals surface area contributed by atoms with Gasteiger partial charge in [0.25, 0.3) is 5.91 Å². The smallest absolute Gasteiger partial charge is 0.309 e. The van der Waals surface area contributed by atoms with Crippen LogP contribution in [0.4, 0.5) is 5.82 Å². The molecule has 0 N–H and O–H groups in total. The van der Waals surface area contributed by atoms with Gasteiger partial charge in [-0.1, -0.05) is 51.6 Å². The normalized spacial score (nSPS) is 17.4. The predicted molar refractivity (Wildman–Crippen MR) is 156 cm³/mol. The summed E-state index contributed by atoms with van der Waals surface area (Å²) >= 11 is 1.64. The summed E-state index contributed by atoms with van der Waals surface area (Å²) in [7, 11) is 0. The number of carbonyl (C=O) groups excluding carboxylic acids is 2. The van der Waals surface area contributed by atoms with E-state index < -0.39 is 0 Å². The van der Waals surface area contributed by atoms with E-state index in [-0.39, 0.29) is 23.2 Å². The molecule has 2 aliphatic heterocycles. The third kappa shape index (κ3) is 7.72. The van der Waals surface area contributed by atoms with Crippen LogP contribution in [0.1, 0.15) is 69.1 Å². The molecule has 1 amide bonds. The largest absolute Gasteiger partial charge is 0.466 e. The van der Waals surface area contributed by atoms with E-state index in [4.69, 9.17) is 14.7 Å². The predicted octanol–water partition coefficient (Wildman–Crippen LogP) is 4.62. The van der Waals surface area contributed by atoms with Crippen LogP contribution in [0.3, 0.4) is 0 Å². The number of esters is 1. The molecule has 2 fully saturated rings. The van der Waals surface area contributed by atoms with E-state index in [0.717, 1.165) is 60.7 Å². The van der Waals surface area contributed by atoms with Crippen LogP contribution in [-0.2, 0) is 20.7 Å². The third-order valence-corrected chi connectivity index (χ3v) is 8.49. The lowest BCUT2D eigenvalue weighted by molar-refractivity contribution is -0.149. The Balaban J connectivity index is 1.37. The molecule has 1 aromatic heterocycles. The van der Waals surface area contributed by atoms with Crippen LogP contribution in [-0.4, -0.2) is 84.1 Å². The quantitative estimate of drug-likeness (QED) is 0.266. The van der Waals surface area contributed by atoms with Crippen molar-refractivity contribution in [3.63, 3.8) is 0 Å². The zero-order valence-corrected chi connectivity index (χ0v) is 24.9. The van der Waals surface area contributed by atoms with Crippen molar-refractivity contribution < 1.29 is 14.3 Å². The molecule has 1 aromatic carbocycles. The Morgan fingerprint density at radius 3 is 2.23 bits per heavy atom. The summed E-state index contributed by atoms with van der Waals surface area (Å²) in [5.74, 6) is 1.52. The topological polar surface area (TPSA) is 78.9 Å². The minimum Gasteiger partial charge on any atom is -0.466 e. The fraction of sp³-hybridized carbons (Fsp3) is 0.600. The van der Waals surface area contributed by atoms with Crippen LogP contribution in [0.25, 0.3) is 0 Å². The molecule has 0 aliphatic carbocycles.